The summed E-state index contributed by atoms with van der Waals surface area (Å²) in [5, 5.41) is 5.12. The molecule has 1 amide bonds. The van der Waals surface area contributed by atoms with Gasteiger partial charge in [-0.25, -0.2) is 33.8 Å². The van der Waals surface area contributed by atoms with Gasteiger partial charge in [-0.05, 0) is 39.8 Å². The molecule has 0 saturated carbocycles. The Kier molecular flexibility index (Phi) is 6.82. The summed E-state index contributed by atoms with van der Waals surface area (Å²) in [6.45, 7) is 8.51. The minimum atomic E-state index is -0.652. The number of aromatic nitrogens is 5. The second-order valence-electron chi connectivity index (χ2n) is 9.86. The molecule has 1 N–H and O–H groups in total. The first-order chi connectivity index (χ1) is 18.0. The zero-order valence-corrected chi connectivity index (χ0v) is 22.8. The van der Waals surface area contributed by atoms with Gasteiger partial charge in [0.1, 0.15) is 33.6 Å². The van der Waals surface area contributed by atoms with Crippen LogP contribution in [0.3, 0.4) is 0 Å². The zero-order valence-electron chi connectivity index (χ0n) is 21.2. The van der Waals surface area contributed by atoms with E-state index in [1.807, 2.05) is 20.8 Å². The molecule has 1 aliphatic heterocycles. The van der Waals surface area contributed by atoms with E-state index in [0.29, 0.717) is 42.3 Å². The topological polar surface area (TPSA) is 118 Å². The van der Waals surface area contributed by atoms with Crippen molar-refractivity contribution in [3.8, 4) is 0 Å². The Balaban J connectivity index is 1.53. The third-order valence-electron chi connectivity index (χ3n) is 5.99. The molecule has 14 heteroatoms. The lowest BCUT2D eigenvalue weighted by atomic mass is 10.2. The average Bonchev–Trinajstić information content (AvgIpc) is 3.35. The van der Waals surface area contributed by atoms with Crippen molar-refractivity contribution in [2.24, 2.45) is 0 Å². The summed E-state index contributed by atoms with van der Waals surface area (Å²) in [7, 11) is 0. The number of hydrogen-bond donors (Lipinski definition) is 1. The summed E-state index contributed by atoms with van der Waals surface area (Å²) in [5.74, 6) is 0.0723. The number of amides is 1. The van der Waals surface area contributed by atoms with Crippen molar-refractivity contribution in [2.75, 3.05) is 36.5 Å². The molecule has 38 heavy (non-hydrogen) atoms. The van der Waals surface area contributed by atoms with Gasteiger partial charge in [-0.1, -0.05) is 11.6 Å². The number of halogens is 2. The van der Waals surface area contributed by atoms with E-state index in [1.165, 1.54) is 34.5 Å². The monoisotopic (exact) mass is 560 g/mol. The largest absolute Gasteiger partial charge is 0.444 e. The molecule has 3 aromatic heterocycles. The molecule has 4 heterocycles. The van der Waals surface area contributed by atoms with Gasteiger partial charge in [-0.15, -0.1) is 11.3 Å². The lowest BCUT2D eigenvalue weighted by Gasteiger charge is -2.38. The van der Waals surface area contributed by atoms with Crippen LogP contribution in [-0.2, 0) is 4.74 Å². The molecular weight excluding hydrogens is 535 g/mol. The van der Waals surface area contributed by atoms with E-state index in [-0.39, 0.29) is 21.7 Å². The minimum Gasteiger partial charge on any atom is -0.444 e. The average molecular weight is 561 g/mol. The smallest absolute Gasteiger partial charge is 0.410 e. The normalized spacial score (nSPS) is 15.2. The third kappa shape index (κ3) is 4.95. The fourth-order valence-corrected chi connectivity index (χ4v) is 5.11. The Bertz CT molecular complexity index is 1580. The number of hydrogen-bond acceptors (Lipinski definition) is 10. The van der Waals surface area contributed by atoms with Gasteiger partial charge >= 0.3 is 6.09 Å². The van der Waals surface area contributed by atoms with Gasteiger partial charge in [0.25, 0.3) is 5.56 Å². The Morgan fingerprint density at radius 1 is 1.16 bits per heavy atom. The van der Waals surface area contributed by atoms with E-state index >= 15 is 0 Å². The lowest BCUT2D eigenvalue weighted by Crippen LogP contribution is -2.57. The predicted molar refractivity (Wildman–Crippen MR) is 144 cm³/mol. The summed E-state index contributed by atoms with van der Waals surface area (Å²) in [4.78, 5) is 46.1. The van der Waals surface area contributed by atoms with Crippen LogP contribution in [0.15, 0.2) is 28.8 Å². The number of nitrogens with one attached hydrogen (secondary N) is 1. The van der Waals surface area contributed by atoms with Gasteiger partial charge in [0.2, 0.25) is 0 Å². The van der Waals surface area contributed by atoms with Gasteiger partial charge in [0, 0.05) is 13.1 Å². The second kappa shape index (κ2) is 9.95. The lowest BCUT2D eigenvalue weighted by molar-refractivity contribution is 0.0231. The van der Waals surface area contributed by atoms with Crippen LogP contribution in [0, 0.1) is 5.82 Å². The van der Waals surface area contributed by atoms with E-state index in [2.05, 4.69) is 25.3 Å². The fourth-order valence-electron chi connectivity index (χ4n) is 4.25. The van der Waals surface area contributed by atoms with E-state index in [9.17, 15) is 14.0 Å². The summed E-state index contributed by atoms with van der Waals surface area (Å²) in [6.07, 6.45) is 1.00. The molecule has 0 spiro atoms. The van der Waals surface area contributed by atoms with E-state index in [1.54, 1.807) is 22.3 Å². The molecule has 1 aromatic carbocycles. The molecule has 1 aliphatic rings. The van der Waals surface area contributed by atoms with Gasteiger partial charge in [0.05, 0.1) is 35.1 Å². The summed E-state index contributed by atoms with van der Waals surface area (Å²) >= 11 is 7.71. The highest BCUT2D eigenvalue weighted by molar-refractivity contribution is 7.16. The molecule has 1 unspecified atom stereocenters. The number of ether oxygens (including phenoxy) is 1. The number of thiazole rings is 1. The highest BCUT2D eigenvalue weighted by Crippen LogP contribution is 2.27. The standard InChI is InChI=1S/C24H26ClFN8O3S/c1-13(30-19-18-21(28-11-27-19)38-12-29-18)20-31-17-15(26)6-5-14(25)16(17)22(35)34(20)33-9-7-32(8-10-33)23(36)37-24(2,3)4/h5-6,11-13H,7-10H2,1-4H3,(H,27,28,30). The summed E-state index contributed by atoms with van der Waals surface area (Å²) in [5.41, 5.74) is 1.01. The maximum Gasteiger partial charge on any atom is 0.410 e. The number of carbonyl (C=O) groups is 1. The van der Waals surface area contributed by atoms with Gasteiger partial charge in [-0.3, -0.25) is 4.79 Å². The minimum absolute atomic E-state index is 0.0129. The molecule has 1 saturated heterocycles. The number of nitrogens with zero attached hydrogens (tertiary/aromatic N) is 7. The van der Waals surface area contributed by atoms with Crippen LogP contribution < -0.4 is 15.9 Å². The zero-order chi connectivity index (χ0) is 27.2. The van der Waals surface area contributed by atoms with E-state index in [0.717, 1.165) is 0 Å². The number of carbonyl (C=O) groups excluding carboxylic acids is 1. The maximum atomic E-state index is 14.8. The molecular formula is C24H26ClFN8O3S. The van der Waals surface area contributed by atoms with Crippen molar-refractivity contribution >= 4 is 56.1 Å². The third-order valence-corrected chi connectivity index (χ3v) is 7.04. The van der Waals surface area contributed by atoms with Crippen molar-refractivity contribution in [3.05, 3.63) is 51.0 Å². The Labute approximate surface area is 226 Å². The number of piperazine rings is 1. The number of anilines is 1. The first kappa shape index (κ1) is 26.0. The second-order valence-corrected chi connectivity index (χ2v) is 11.1. The van der Waals surface area contributed by atoms with E-state index in [4.69, 9.17) is 16.3 Å². The van der Waals surface area contributed by atoms with Crippen molar-refractivity contribution in [3.63, 3.8) is 0 Å². The summed E-state index contributed by atoms with van der Waals surface area (Å²) < 4.78 is 21.7. The van der Waals surface area contributed by atoms with Crippen LogP contribution in [0.4, 0.5) is 15.0 Å². The molecule has 200 valence electrons. The van der Waals surface area contributed by atoms with Crippen LogP contribution in [0.25, 0.3) is 21.3 Å². The molecule has 0 radical (unpaired) electrons. The van der Waals surface area contributed by atoms with E-state index < -0.39 is 29.1 Å². The van der Waals surface area contributed by atoms with Crippen molar-refractivity contribution in [2.45, 2.75) is 39.3 Å². The maximum absolute atomic E-state index is 14.8. The van der Waals surface area contributed by atoms with Crippen molar-refractivity contribution in [1.29, 1.82) is 0 Å². The van der Waals surface area contributed by atoms with Gasteiger partial charge in [0.15, 0.2) is 11.6 Å². The Morgan fingerprint density at radius 3 is 2.61 bits per heavy atom. The molecule has 1 atom stereocenters. The number of fused-ring (bicyclic) bond motifs is 2. The highest BCUT2D eigenvalue weighted by atomic mass is 35.5. The highest BCUT2D eigenvalue weighted by Gasteiger charge is 2.30. The molecule has 5 rings (SSSR count). The summed E-state index contributed by atoms with van der Waals surface area (Å²) in [6, 6.07) is 1.94. The van der Waals surface area contributed by atoms with Crippen LogP contribution in [0.5, 0.6) is 0 Å². The number of rotatable bonds is 4. The number of benzene rings is 1. The van der Waals surface area contributed by atoms with Crippen LogP contribution in [0.2, 0.25) is 5.02 Å². The fraction of sp³-hybridized carbons (Fsp3) is 0.417. The first-order valence-corrected chi connectivity index (χ1v) is 13.2. The van der Waals surface area contributed by atoms with Crippen LogP contribution >= 0.6 is 22.9 Å². The van der Waals surface area contributed by atoms with Crippen molar-refractivity contribution < 1.29 is 13.9 Å². The van der Waals surface area contributed by atoms with Gasteiger partial charge < -0.3 is 20.0 Å². The SMILES string of the molecule is CC(Nc1ncnc2scnc12)c1nc2c(F)ccc(Cl)c2c(=O)n1N1CCN(C(=O)OC(C)(C)C)CC1. The molecule has 4 aromatic rings. The molecule has 0 bridgehead atoms. The van der Waals surface area contributed by atoms with Gasteiger partial charge in [-0.2, -0.15) is 0 Å². The van der Waals surface area contributed by atoms with Crippen LogP contribution in [-0.4, -0.2) is 67.4 Å². The van der Waals surface area contributed by atoms with Crippen molar-refractivity contribution in [1.82, 2.24) is 29.5 Å². The quantitative estimate of drug-likeness (QED) is 0.395. The molecule has 11 nitrogen and oxygen atoms in total. The Morgan fingerprint density at radius 2 is 1.89 bits per heavy atom. The predicted octanol–water partition coefficient (Wildman–Crippen LogP) is 3.95. The Hall–Kier alpha value is -3.58. The molecule has 1 fully saturated rings. The molecule has 0 aliphatic carbocycles. The van der Waals surface area contributed by atoms with Crippen LogP contribution in [0.1, 0.15) is 39.6 Å². The first-order valence-electron chi connectivity index (χ1n) is 12.0.